The molecular formula is C36H40ClF3N4O5. The van der Waals surface area contributed by atoms with Crippen LogP contribution in [0.1, 0.15) is 54.2 Å². The highest BCUT2D eigenvalue weighted by molar-refractivity contribution is 6.35. The van der Waals surface area contributed by atoms with E-state index < -0.39 is 35.9 Å². The van der Waals surface area contributed by atoms with Crippen molar-refractivity contribution in [3.8, 4) is 39.9 Å². The summed E-state index contributed by atoms with van der Waals surface area (Å²) in [6.45, 7) is 4.44. The molecule has 0 fully saturated rings. The van der Waals surface area contributed by atoms with E-state index in [-0.39, 0.29) is 24.5 Å². The van der Waals surface area contributed by atoms with Crippen molar-refractivity contribution in [1.82, 2.24) is 20.6 Å². The zero-order chi connectivity index (χ0) is 35.3. The molecule has 0 spiro atoms. The van der Waals surface area contributed by atoms with Crippen molar-refractivity contribution in [1.29, 1.82) is 0 Å². The summed E-state index contributed by atoms with van der Waals surface area (Å²) in [6.07, 6.45) is -3.91. The van der Waals surface area contributed by atoms with Crippen LogP contribution in [0, 0.1) is 0 Å². The van der Waals surface area contributed by atoms with Gasteiger partial charge in [-0.1, -0.05) is 41.9 Å². The van der Waals surface area contributed by atoms with Gasteiger partial charge in [0.25, 0.3) is 0 Å². The van der Waals surface area contributed by atoms with Crippen LogP contribution in [0.2, 0.25) is 5.02 Å². The van der Waals surface area contributed by atoms with Crippen LogP contribution in [0.25, 0.3) is 22.4 Å². The molecule has 1 aliphatic carbocycles. The lowest BCUT2D eigenvalue weighted by molar-refractivity contribution is -0.139. The largest absolute Gasteiger partial charge is 0.496 e. The monoisotopic (exact) mass is 700 g/mol. The molecule has 5 rings (SSSR count). The third kappa shape index (κ3) is 8.45. The van der Waals surface area contributed by atoms with Gasteiger partial charge in [0.05, 0.1) is 37.1 Å². The SMILES string of the molecule is COc1cc(-c2nccc(-c3cccc4c3CC[C@@H]4Oc3nc(OC)c(CNC[C@@H](C)O)cc3C(F)(F)F)c2Cl)ccc1CNC[C@@H](C)O. The minimum Gasteiger partial charge on any atom is -0.496 e. The normalized spacial score (nSPS) is 15.5. The Morgan fingerprint density at radius 1 is 0.918 bits per heavy atom. The molecule has 0 saturated heterocycles. The maximum atomic E-state index is 14.3. The van der Waals surface area contributed by atoms with E-state index in [1.54, 1.807) is 27.2 Å². The highest BCUT2D eigenvalue weighted by atomic mass is 35.5. The molecule has 4 N–H and O–H groups in total. The molecule has 2 aromatic carbocycles. The number of pyridine rings is 2. The van der Waals surface area contributed by atoms with Gasteiger partial charge in [-0.3, -0.25) is 4.98 Å². The summed E-state index contributed by atoms with van der Waals surface area (Å²) < 4.78 is 59.9. The summed E-state index contributed by atoms with van der Waals surface area (Å²) in [6, 6.07) is 14.1. The number of ether oxygens (including phenoxy) is 3. The van der Waals surface area contributed by atoms with Crippen molar-refractivity contribution in [3.63, 3.8) is 0 Å². The number of aliphatic hydroxyl groups excluding tert-OH is 2. The van der Waals surface area contributed by atoms with Gasteiger partial charge in [-0.15, -0.1) is 0 Å². The maximum absolute atomic E-state index is 14.3. The van der Waals surface area contributed by atoms with Gasteiger partial charge in [0.15, 0.2) is 0 Å². The highest BCUT2D eigenvalue weighted by Gasteiger charge is 2.38. The molecular weight excluding hydrogens is 661 g/mol. The summed E-state index contributed by atoms with van der Waals surface area (Å²) in [5, 5.41) is 25.6. The van der Waals surface area contributed by atoms with Crippen LogP contribution < -0.4 is 24.8 Å². The third-order valence-corrected chi connectivity index (χ3v) is 8.63. The van der Waals surface area contributed by atoms with Crippen LogP contribution in [0.4, 0.5) is 13.2 Å². The first kappa shape index (κ1) is 36.3. The molecule has 1 aliphatic rings. The van der Waals surface area contributed by atoms with Gasteiger partial charge in [-0.25, -0.2) is 0 Å². The zero-order valence-electron chi connectivity index (χ0n) is 27.7. The second-order valence-corrected chi connectivity index (χ2v) is 12.4. The molecule has 49 heavy (non-hydrogen) atoms. The number of fused-ring (bicyclic) bond motifs is 1. The topological polar surface area (TPSA) is 118 Å². The Balaban J connectivity index is 1.45. The maximum Gasteiger partial charge on any atom is 0.421 e. The van der Waals surface area contributed by atoms with E-state index in [0.29, 0.717) is 42.4 Å². The molecule has 0 saturated carbocycles. The first-order valence-corrected chi connectivity index (χ1v) is 16.3. The molecule has 262 valence electrons. The number of rotatable bonds is 14. The summed E-state index contributed by atoms with van der Waals surface area (Å²) >= 11 is 7.03. The second kappa shape index (κ2) is 15.7. The van der Waals surface area contributed by atoms with Crippen molar-refractivity contribution in [2.24, 2.45) is 0 Å². The van der Waals surface area contributed by atoms with Gasteiger partial charge in [0.2, 0.25) is 11.8 Å². The summed E-state index contributed by atoms with van der Waals surface area (Å²) in [5.41, 5.74) is 4.64. The fraction of sp³-hybridized carbons (Fsp3) is 0.389. The Kier molecular flexibility index (Phi) is 11.7. The quantitative estimate of drug-likeness (QED) is 0.117. The van der Waals surface area contributed by atoms with Gasteiger partial charge in [-0.05, 0) is 61.6 Å². The molecule has 0 radical (unpaired) electrons. The van der Waals surface area contributed by atoms with Crippen LogP contribution in [0.5, 0.6) is 17.5 Å². The van der Waals surface area contributed by atoms with Gasteiger partial charge < -0.3 is 35.1 Å². The second-order valence-electron chi connectivity index (χ2n) is 12.0. The van der Waals surface area contributed by atoms with Crippen LogP contribution in [-0.4, -0.2) is 59.7 Å². The van der Waals surface area contributed by atoms with Gasteiger partial charge in [0.1, 0.15) is 17.4 Å². The average molecular weight is 701 g/mol. The first-order chi connectivity index (χ1) is 23.4. The van der Waals surface area contributed by atoms with Crippen molar-refractivity contribution >= 4 is 11.6 Å². The zero-order valence-corrected chi connectivity index (χ0v) is 28.5. The van der Waals surface area contributed by atoms with E-state index in [2.05, 4.69) is 20.6 Å². The number of hydrogen-bond acceptors (Lipinski definition) is 9. The molecule has 3 atom stereocenters. The lowest BCUT2D eigenvalue weighted by Gasteiger charge is -2.21. The van der Waals surface area contributed by atoms with E-state index in [1.165, 1.54) is 7.11 Å². The smallest absolute Gasteiger partial charge is 0.421 e. The molecule has 4 aromatic rings. The average Bonchev–Trinajstić information content (AvgIpc) is 3.47. The van der Waals surface area contributed by atoms with E-state index in [4.69, 9.17) is 25.8 Å². The Hall–Kier alpha value is -3.94. The lowest BCUT2D eigenvalue weighted by atomic mass is 9.95. The minimum atomic E-state index is -4.73. The van der Waals surface area contributed by atoms with Crippen LogP contribution in [0.3, 0.4) is 0 Å². The van der Waals surface area contributed by atoms with E-state index >= 15 is 0 Å². The van der Waals surface area contributed by atoms with Crippen molar-refractivity contribution in [2.75, 3.05) is 27.3 Å². The predicted molar refractivity (Wildman–Crippen MR) is 181 cm³/mol. The molecule has 9 nitrogen and oxygen atoms in total. The Morgan fingerprint density at radius 2 is 1.63 bits per heavy atom. The fourth-order valence-corrected chi connectivity index (χ4v) is 6.29. The number of aliphatic hydroxyl groups is 2. The molecule has 0 bridgehead atoms. The third-order valence-electron chi connectivity index (χ3n) is 8.25. The Morgan fingerprint density at radius 3 is 2.29 bits per heavy atom. The van der Waals surface area contributed by atoms with Crippen LogP contribution >= 0.6 is 11.6 Å². The number of halogens is 4. The molecule has 0 unspecified atom stereocenters. The standard InChI is InChI=1S/C36H40ClF3N4O5/c1-20(45)16-41-18-23-9-8-22(15-31(23)47-3)33-32(37)28(12-13-43-33)25-6-5-7-27-26(25)10-11-30(27)49-35-29(36(38,39)40)14-24(34(44-35)48-4)19-42-17-21(2)46/h5-9,12-15,20-21,30,41-42,45-46H,10-11,16-19H2,1-4H3/t20-,21-,30+/m1/s1. The highest BCUT2D eigenvalue weighted by Crippen LogP contribution is 2.45. The van der Waals surface area contributed by atoms with E-state index in [1.807, 2.05) is 42.5 Å². The lowest BCUT2D eigenvalue weighted by Crippen LogP contribution is -2.24. The number of methoxy groups -OCH3 is 2. The Labute approximate surface area is 288 Å². The van der Waals surface area contributed by atoms with Crippen LogP contribution in [-0.2, 0) is 25.7 Å². The van der Waals surface area contributed by atoms with E-state index in [0.717, 1.165) is 39.4 Å². The fourth-order valence-electron chi connectivity index (χ4n) is 5.97. The molecule has 2 heterocycles. The van der Waals surface area contributed by atoms with Gasteiger partial charge >= 0.3 is 6.18 Å². The minimum absolute atomic E-state index is 0.00449. The Bertz CT molecular complexity index is 1770. The molecule has 2 aromatic heterocycles. The van der Waals surface area contributed by atoms with Crippen molar-refractivity contribution in [3.05, 3.63) is 87.6 Å². The number of aromatic nitrogens is 2. The molecule has 0 amide bonds. The number of benzene rings is 2. The van der Waals surface area contributed by atoms with Gasteiger partial charge in [-0.2, -0.15) is 18.2 Å². The van der Waals surface area contributed by atoms with E-state index in [9.17, 15) is 23.4 Å². The van der Waals surface area contributed by atoms with Gasteiger partial charge in [0, 0.05) is 54.6 Å². The molecule has 0 aliphatic heterocycles. The number of nitrogens with zero attached hydrogens (tertiary/aromatic N) is 2. The summed E-state index contributed by atoms with van der Waals surface area (Å²) in [5.74, 6) is 0.0893. The predicted octanol–water partition coefficient (Wildman–Crippen LogP) is 6.51. The van der Waals surface area contributed by atoms with Crippen molar-refractivity contribution in [2.45, 2.75) is 64.3 Å². The number of alkyl halides is 3. The number of hydrogen-bond donors (Lipinski definition) is 4. The summed E-state index contributed by atoms with van der Waals surface area (Å²) in [7, 11) is 2.92. The molecule has 13 heteroatoms. The number of nitrogens with one attached hydrogen (secondary N) is 2. The first-order valence-electron chi connectivity index (χ1n) is 15.9. The van der Waals surface area contributed by atoms with Crippen molar-refractivity contribution < 1.29 is 37.6 Å². The van der Waals surface area contributed by atoms with Crippen LogP contribution in [0.15, 0.2) is 54.7 Å². The summed E-state index contributed by atoms with van der Waals surface area (Å²) in [4.78, 5) is 8.72.